The van der Waals surface area contributed by atoms with Crippen molar-refractivity contribution in [1.82, 2.24) is 20.6 Å². The number of aromatic amines is 2. The third-order valence-electron chi connectivity index (χ3n) is 2.96. The number of H-pyrrole nitrogens is 2. The molecule has 0 aliphatic rings. The number of hydrogen-bond donors (Lipinski definition) is 3. The highest BCUT2D eigenvalue weighted by Gasteiger charge is 2.11. The third kappa shape index (κ3) is 5.86. The molecule has 27 heavy (non-hydrogen) atoms. The van der Waals surface area contributed by atoms with E-state index in [1.165, 1.54) is 13.3 Å². The Kier molecular flexibility index (Phi) is 7.44. The molecule has 0 fully saturated rings. The molecule has 1 amide bonds. The molecule has 10 nitrogen and oxygen atoms in total. The second-order valence-electron chi connectivity index (χ2n) is 4.86. The Morgan fingerprint density at radius 2 is 2.22 bits per heavy atom. The Labute approximate surface area is 162 Å². The van der Waals surface area contributed by atoms with Gasteiger partial charge in [-0.3, -0.25) is 14.6 Å². The minimum Gasteiger partial charge on any atom is -0.493 e. The van der Waals surface area contributed by atoms with E-state index in [-0.39, 0.29) is 10.8 Å². The predicted octanol–water partition coefficient (Wildman–Crippen LogP) is 0.761. The fourth-order valence-corrected chi connectivity index (χ4v) is 2.78. The van der Waals surface area contributed by atoms with Crippen LogP contribution in [0.3, 0.4) is 0 Å². The van der Waals surface area contributed by atoms with Gasteiger partial charge in [-0.15, -0.1) is 0 Å². The first kappa shape index (κ1) is 20.5. The number of rotatable bonds is 8. The van der Waals surface area contributed by atoms with Crippen LogP contribution in [0, 0.1) is 0 Å². The molecule has 0 atom stereocenters. The Morgan fingerprint density at radius 1 is 1.44 bits per heavy atom. The molecule has 144 valence electrons. The van der Waals surface area contributed by atoms with E-state index in [0.717, 1.165) is 11.8 Å². The van der Waals surface area contributed by atoms with Gasteiger partial charge in [0.15, 0.2) is 16.5 Å². The van der Waals surface area contributed by atoms with Crippen molar-refractivity contribution in [3.8, 4) is 11.5 Å². The summed E-state index contributed by atoms with van der Waals surface area (Å²) in [5, 5.41) is 9.78. The van der Waals surface area contributed by atoms with E-state index in [1.54, 1.807) is 12.1 Å². The van der Waals surface area contributed by atoms with Crippen LogP contribution in [0.4, 0.5) is 0 Å². The molecule has 1 aromatic heterocycles. The second kappa shape index (κ2) is 9.78. The number of amides is 1. The van der Waals surface area contributed by atoms with Crippen LogP contribution in [0.2, 0.25) is 5.02 Å². The monoisotopic (exact) mass is 413 g/mol. The summed E-state index contributed by atoms with van der Waals surface area (Å²) >= 11 is 7.01. The first-order valence-electron chi connectivity index (χ1n) is 7.58. The normalized spacial score (nSPS) is 10.8. The number of thioether (sulfide) groups is 1. The SMILES string of the molecule is CCOc1c(Cl)cc(/C=N/NC(=O)CSc2n[nH]c(=O)[nH]c2=O)cc1OC. The number of nitrogens with zero attached hydrogens (tertiary/aromatic N) is 2. The second-order valence-corrected chi connectivity index (χ2v) is 6.23. The molecule has 1 heterocycles. The molecule has 0 aliphatic carbocycles. The molecule has 2 rings (SSSR count). The zero-order valence-corrected chi connectivity index (χ0v) is 15.9. The van der Waals surface area contributed by atoms with Crippen molar-refractivity contribution >= 4 is 35.5 Å². The van der Waals surface area contributed by atoms with Crippen LogP contribution in [0.15, 0.2) is 31.8 Å². The average molecular weight is 414 g/mol. The van der Waals surface area contributed by atoms with Crippen LogP contribution >= 0.6 is 23.4 Å². The van der Waals surface area contributed by atoms with Crippen molar-refractivity contribution in [1.29, 1.82) is 0 Å². The number of carbonyl (C=O) groups excluding carboxylic acids is 1. The topological polar surface area (TPSA) is 139 Å². The maximum absolute atomic E-state index is 11.8. The molecule has 0 saturated heterocycles. The summed E-state index contributed by atoms with van der Waals surface area (Å²) in [5.41, 5.74) is 1.51. The van der Waals surface area contributed by atoms with Gasteiger partial charge in [-0.1, -0.05) is 23.4 Å². The largest absolute Gasteiger partial charge is 0.493 e. The quantitative estimate of drug-likeness (QED) is 0.330. The lowest BCUT2D eigenvalue weighted by atomic mass is 10.2. The van der Waals surface area contributed by atoms with Gasteiger partial charge in [-0.25, -0.2) is 15.3 Å². The van der Waals surface area contributed by atoms with Crippen molar-refractivity contribution in [2.75, 3.05) is 19.5 Å². The number of nitrogens with one attached hydrogen (secondary N) is 3. The number of carbonyl (C=O) groups is 1. The molecule has 3 N–H and O–H groups in total. The van der Waals surface area contributed by atoms with Crippen molar-refractivity contribution < 1.29 is 14.3 Å². The minimum absolute atomic E-state index is 0.0308. The molecule has 0 unspecified atom stereocenters. The Balaban J connectivity index is 1.96. The van der Waals surface area contributed by atoms with E-state index in [0.29, 0.717) is 28.7 Å². The standard InChI is InChI=1S/C15H16ClN5O5S/c1-3-26-12-9(16)4-8(5-10(12)25-2)6-17-19-11(22)7-27-14-13(23)18-15(24)21-20-14/h4-6H,3,7H2,1-2H3,(H,19,22)(H2,18,21,23,24)/b17-6+. The number of aromatic nitrogens is 3. The fraction of sp³-hybridized carbons (Fsp3) is 0.267. The first-order chi connectivity index (χ1) is 12.9. The number of benzene rings is 1. The van der Waals surface area contributed by atoms with Crippen molar-refractivity contribution in [3.63, 3.8) is 0 Å². The lowest BCUT2D eigenvalue weighted by Gasteiger charge is -2.11. The molecule has 0 spiro atoms. The van der Waals surface area contributed by atoms with E-state index in [1.807, 2.05) is 11.9 Å². The minimum atomic E-state index is -0.720. The van der Waals surface area contributed by atoms with Crippen LogP contribution in [0.5, 0.6) is 11.5 Å². The number of methoxy groups -OCH3 is 1. The fourth-order valence-electron chi connectivity index (χ4n) is 1.88. The van der Waals surface area contributed by atoms with Gasteiger partial charge in [0.05, 0.1) is 30.7 Å². The molecule has 0 aliphatic heterocycles. The van der Waals surface area contributed by atoms with E-state index < -0.39 is 17.2 Å². The number of halogens is 1. The highest BCUT2D eigenvalue weighted by atomic mass is 35.5. The van der Waals surface area contributed by atoms with Crippen LogP contribution in [-0.4, -0.2) is 46.8 Å². The highest BCUT2D eigenvalue weighted by Crippen LogP contribution is 2.35. The van der Waals surface area contributed by atoms with Gasteiger partial charge in [0.25, 0.3) is 5.56 Å². The van der Waals surface area contributed by atoms with Gasteiger partial charge in [0, 0.05) is 0 Å². The maximum atomic E-state index is 11.8. The van der Waals surface area contributed by atoms with Gasteiger partial charge in [-0.2, -0.15) is 10.2 Å². The highest BCUT2D eigenvalue weighted by molar-refractivity contribution is 7.99. The Morgan fingerprint density at radius 3 is 2.89 bits per heavy atom. The summed E-state index contributed by atoms with van der Waals surface area (Å²) in [7, 11) is 1.49. The molecular formula is C15H16ClN5O5S. The van der Waals surface area contributed by atoms with Gasteiger partial charge in [0.2, 0.25) is 5.91 Å². The number of ether oxygens (including phenoxy) is 2. The smallest absolute Gasteiger partial charge is 0.342 e. The molecule has 12 heteroatoms. The number of hydrazone groups is 1. The van der Waals surface area contributed by atoms with E-state index in [9.17, 15) is 14.4 Å². The van der Waals surface area contributed by atoms with Crippen LogP contribution in [0.1, 0.15) is 12.5 Å². The molecule has 0 saturated carbocycles. The van der Waals surface area contributed by atoms with Crippen LogP contribution < -0.4 is 26.1 Å². The van der Waals surface area contributed by atoms with Crippen molar-refractivity contribution in [3.05, 3.63) is 43.6 Å². The molecule has 0 radical (unpaired) electrons. The van der Waals surface area contributed by atoms with Gasteiger partial charge < -0.3 is 9.47 Å². The molecular weight excluding hydrogens is 398 g/mol. The third-order valence-corrected chi connectivity index (χ3v) is 4.20. The predicted molar refractivity (Wildman–Crippen MR) is 101 cm³/mol. The zero-order valence-electron chi connectivity index (χ0n) is 14.4. The maximum Gasteiger partial charge on any atom is 0.342 e. The summed E-state index contributed by atoms with van der Waals surface area (Å²) in [6.45, 7) is 2.26. The summed E-state index contributed by atoms with van der Waals surface area (Å²) in [5.74, 6) is 0.286. The lowest BCUT2D eigenvalue weighted by molar-refractivity contribution is -0.118. The number of hydrogen-bond acceptors (Lipinski definition) is 8. The van der Waals surface area contributed by atoms with E-state index >= 15 is 0 Å². The summed E-state index contributed by atoms with van der Waals surface area (Å²) in [6.07, 6.45) is 1.39. The molecule has 0 bridgehead atoms. The van der Waals surface area contributed by atoms with Crippen molar-refractivity contribution in [2.45, 2.75) is 11.9 Å². The Bertz CT molecular complexity index is 958. The average Bonchev–Trinajstić information content (AvgIpc) is 2.63. The Hall–Kier alpha value is -2.79. The molecule has 1 aromatic carbocycles. The van der Waals surface area contributed by atoms with Gasteiger partial charge >= 0.3 is 5.69 Å². The summed E-state index contributed by atoms with van der Waals surface area (Å²) < 4.78 is 10.6. The van der Waals surface area contributed by atoms with Gasteiger partial charge in [0.1, 0.15) is 0 Å². The summed E-state index contributed by atoms with van der Waals surface area (Å²) in [4.78, 5) is 36.1. The van der Waals surface area contributed by atoms with Gasteiger partial charge in [-0.05, 0) is 24.6 Å². The molecule has 2 aromatic rings. The van der Waals surface area contributed by atoms with Crippen molar-refractivity contribution in [2.24, 2.45) is 5.10 Å². The lowest BCUT2D eigenvalue weighted by Crippen LogP contribution is -2.26. The van der Waals surface area contributed by atoms with E-state index in [2.05, 4.69) is 20.7 Å². The van der Waals surface area contributed by atoms with E-state index in [4.69, 9.17) is 21.1 Å². The summed E-state index contributed by atoms with van der Waals surface area (Å²) in [6, 6.07) is 3.27. The van der Waals surface area contributed by atoms with Crippen LogP contribution in [-0.2, 0) is 4.79 Å². The first-order valence-corrected chi connectivity index (χ1v) is 8.95. The zero-order chi connectivity index (χ0) is 19.8. The van der Waals surface area contributed by atoms with Crippen LogP contribution in [0.25, 0.3) is 0 Å².